The lowest BCUT2D eigenvalue weighted by molar-refractivity contribution is 0.576. The Morgan fingerprint density at radius 1 is 1.25 bits per heavy atom. The molecule has 2 aromatic rings. The van der Waals surface area contributed by atoms with Crippen molar-refractivity contribution in [2.75, 3.05) is 5.73 Å². The van der Waals surface area contributed by atoms with Gasteiger partial charge >= 0.3 is 0 Å². The van der Waals surface area contributed by atoms with Crippen molar-refractivity contribution in [3.63, 3.8) is 0 Å². The van der Waals surface area contributed by atoms with Crippen LogP contribution in [0.5, 0.6) is 0 Å². The molecule has 2 N–H and O–H groups in total. The molecule has 0 aliphatic heterocycles. The molecule has 1 aromatic heterocycles. The van der Waals surface area contributed by atoms with Crippen molar-refractivity contribution in [2.45, 2.75) is 38.6 Å². The van der Waals surface area contributed by atoms with Crippen LogP contribution in [0.25, 0.3) is 11.3 Å². The summed E-state index contributed by atoms with van der Waals surface area (Å²) in [4.78, 5) is 4.44. The van der Waals surface area contributed by atoms with Crippen molar-refractivity contribution in [3.05, 3.63) is 35.7 Å². The Hall–Kier alpha value is -1.91. The first-order chi connectivity index (χ1) is 9.50. The summed E-state index contributed by atoms with van der Waals surface area (Å²) in [6.45, 7) is 3.98. The zero-order chi connectivity index (χ0) is 14.4. The fourth-order valence-corrected chi connectivity index (χ4v) is 2.54. The standard InChI is InChI=1S/C15H17F2N3/c1-8(2)20-14(18)13(19-15(20)9-6-7-9)12-10(16)4-3-5-11(12)17/h3-5,8-9H,6-7,18H2,1-2H3. The van der Waals surface area contributed by atoms with Crippen LogP contribution in [0.2, 0.25) is 0 Å². The minimum absolute atomic E-state index is 0.113. The maximum Gasteiger partial charge on any atom is 0.135 e. The van der Waals surface area contributed by atoms with Crippen molar-refractivity contribution < 1.29 is 8.78 Å². The van der Waals surface area contributed by atoms with Gasteiger partial charge in [-0.1, -0.05) is 6.07 Å². The quantitative estimate of drug-likeness (QED) is 0.925. The van der Waals surface area contributed by atoms with Crippen LogP contribution < -0.4 is 5.73 Å². The molecule has 1 heterocycles. The number of nitrogens with zero attached hydrogens (tertiary/aromatic N) is 2. The van der Waals surface area contributed by atoms with E-state index in [9.17, 15) is 8.78 Å². The van der Waals surface area contributed by atoms with Gasteiger partial charge in [-0.05, 0) is 38.8 Å². The molecular formula is C15H17F2N3. The fourth-order valence-electron chi connectivity index (χ4n) is 2.54. The summed E-state index contributed by atoms with van der Waals surface area (Å²) in [5.74, 6) is 0.282. The van der Waals surface area contributed by atoms with Crippen LogP contribution in [-0.4, -0.2) is 9.55 Å². The van der Waals surface area contributed by atoms with E-state index in [1.54, 1.807) is 0 Å². The van der Waals surface area contributed by atoms with Crippen LogP contribution in [0, 0.1) is 11.6 Å². The molecule has 1 aliphatic carbocycles. The predicted octanol–water partition coefficient (Wildman–Crippen LogP) is 3.87. The molecule has 1 aliphatic rings. The molecule has 1 saturated carbocycles. The normalized spacial score (nSPS) is 15.1. The second kappa shape index (κ2) is 4.58. The van der Waals surface area contributed by atoms with Crippen LogP contribution in [0.3, 0.4) is 0 Å². The van der Waals surface area contributed by atoms with Crippen LogP contribution in [-0.2, 0) is 0 Å². The van der Waals surface area contributed by atoms with Gasteiger partial charge in [0.25, 0.3) is 0 Å². The topological polar surface area (TPSA) is 43.8 Å². The van der Waals surface area contributed by atoms with Crippen molar-refractivity contribution in [3.8, 4) is 11.3 Å². The summed E-state index contributed by atoms with van der Waals surface area (Å²) in [7, 11) is 0. The van der Waals surface area contributed by atoms with E-state index < -0.39 is 11.6 Å². The zero-order valence-corrected chi connectivity index (χ0v) is 11.5. The number of nitrogens with two attached hydrogens (primary N) is 1. The summed E-state index contributed by atoms with van der Waals surface area (Å²) < 4.78 is 29.7. The predicted molar refractivity (Wildman–Crippen MR) is 74.4 cm³/mol. The molecule has 106 valence electrons. The van der Waals surface area contributed by atoms with Gasteiger partial charge < -0.3 is 10.3 Å². The van der Waals surface area contributed by atoms with Gasteiger partial charge in [-0.3, -0.25) is 0 Å². The van der Waals surface area contributed by atoms with E-state index in [1.165, 1.54) is 18.2 Å². The molecule has 0 unspecified atom stereocenters. The van der Waals surface area contributed by atoms with Crippen LogP contribution in [0.15, 0.2) is 18.2 Å². The summed E-state index contributed by atoms with van der Waals surface area (Å²) in [5.41, 5.74) is 6.19. The Bertz CT molecular complexity index is 637. The first kappa shape index (κ1) is 13.1. The number of imidazole rings is 1. The molecule has 3 rings (SSSR count). The molecule has 5 heteroatoms. The molecule has 3 nitrogen and oxygen atoms in total. The van der Waals surface area contributed by atoms with Gasteiger partial charge in [0.05, 0.1) is 5.56 Å². The molecule has 0 atom stereocenters. The van der Waals surface area contributed by atoms with Crippen molar-refractivity contribution in [1.29, 1.82) is 0 Å². The first-order valence-electron chi connectivity index (χ1n) is 6.82. The summed E-state index contributed by atoms with van der Waals surface area (Å²) in [6.07, 6.45) is 2.12. The molecule has 1 fully saturated rings. The second-order valence-electron chi connectivity index (χ2n) is 5.54. The molecular weight excluding hydrogens is 260 g/mol. The van der Waals surface area contributed by atoms with Gasteiger partial charge in [-0.2, -0.15) is 0 Å². The Morgan fingerprint density at radius 2 is 1.85 bits per heavy atom. The third kappa shape index (κ3) is 1.97. The van der Waals surface area contributed by atoms with E-state index >= 15 is 0 Å². The maximum absolute atomic E-state index is 13.9. The number of benzene rings is 1. The minimum Gasteiger partial charge on any atom is -0.383 e. The van der Waals surface area contributed by atoms with Crippen molar-refractivity contribution in [2.24, 2.45) is 0 Å². The van der Waals surface area contributed by atoms with E-state index in [-0.39, 0.29) is 17.3 Å². The van der Waals surface area contributed by atoms with Crippen molar-refractivity contribution >= 4 is 5.82 Å². The number of rotatable bonds is 3. The van der Waals surface area contributed by atoms with Crippen LogP contribution in [0.4, 0.5) is 14.6 Å². The highest BCUT2D eigenvalue weighted by Gasteiger charge is 2.32. The molecule has 0 saturated heterocycles. The number of hydrogen-bond acceptors (Lipinski definition) is 2. The van der Waals surface area contributed by atoms with E-state index in [1.807, 2.05) is 18.4 Å². The lowest BCUT2D eigenvalue weighted by Crippen LogP contribution is -2.09. The lowest BCUT2D eigenvalue weighted by Gasteiger charge is -2.13. The Kier molecular flexibility index (Phi) is 3.00. The maximum atomic E-state index is 13.9. The van der Waals surface area contributed by atoms with Gasteiger partial charge in [0, 0.05) is 12.0 Å². The molecule has 0 bridgehead atoms. The fraction of sp³-hybridized carbons (Fsp3) is 0.400. The van der Waals surface area contributed by atoms with E-state index in [0.717, 1.165) is 18.7 Å². The van der Waals surface area contributed by atoms with E-state index in [4.69, 9.17) is 5.73 Å². The molecule has 0 amide bonds. The highest BCUT2D eigenvalue weighted by Crippen LogP contribution is 2.44. The van der Waals surface area contributed by atoms with Gasteiger partial charge in [-0.15, -0.1) is 0 Å². The average Bonchev–Trinajstić information content (AvgIpc) is 3.15. The Morgan fingerprint density at radius 3 is 2.35 bits per heavy atom. The highest BCUT2D eigenvalue weighted by molar-refractivity contribution is 5.72. The molecule has 0 radical (unpaired) electrons. The molecule has 20 heavy (non-hydrogen) atoms. The highest BCUT2D eigenvalue weighted by atomic mass is 19.1. The lowest BCUT2D eigenvalue weighted by atomic mass is 10.1. The third-order valence-electron chi connectivity index (χ3n) is 3.63. The zero-order valence-electron chi connectivity index (χ0n) is 11.5. The van der Waals surface area contributed by atoms with E-state index in [2.05, 4.69) is 4.98 Å². The Balaban J connectivity index is 2.22. The number of hydrogen-bond donors (Lipinski definition) is 1. The average molecular weight is 277 g/mol. The number of halogens is 2. The third-order valence-corrected chi connectivity index (χ3v) is 3.63. The van der Waals surface area contributed by atoms with Gasteiger partial charge in [0.15, 0.2) is 0 Å². The second-order valence-corrected chi connectivity index (χ2v) is 5.54. The molecule has 0 spiro atoms. The van der Waals surface area contributed by atoms with Gasteiger partial charge in [0.2, 0.25) is 0 Å². The summed E-state index contributed by atoms with van der Waals surface area (Å²) in [5, 5.41) is 0. The number of aromatic nitrogens is 2. The first-order valence-corrected chi connectivity index (χ1v) is 6.82. The smallest absolute Gasteiger partial charge is 0.135 e. The van der Waals surface area contributed by atoms with Crippen molar-refractivity contribution in [1.82, 2.24) is 9.55 Å². The minimum atomic E-state index is -0.632. The Labute approximate surface area is 116 Å². The molecule has 1 aromatic carbocycles. The van der Waals surface area contributed by atoms with Crippen LogP contribution >= 0.6 is 0 Å². The summed E-state index contributed by atoms with van der Waals surface area (Å²) in [6, 6.07) is 3.90. The van der Waals surface area contributed by atoms with Gasteiger partial charge in [0.1, 0.15) is 29.0 Å². The monoisotopic (exact) mass is 277 g/mol. The SMILES string of the molecule is CC(C)n1c(C2CC2)nc(-c2c(F)cccc2F)c1N. The van der Waals surface area contributed by atoms with Gasteiger partial charge in [-0.25, -0.2) is 13.8 Å². The number of anilines is 1. The van der Waals surface area contributed by atoms with Crippen LogP contribution in [0.1, 0.15) is 44.5 Å². The van der Waals surface area contributed by atoms with E-state index in [0.29, 0.717) is 11.7 Å². The number of nitrogen functional groups attached to an aromatic ring is 1. The summed E-state index contributed by atoms with van der Waals surface area (Å²) >= 11 is 0. The largest absolute Gasteiger partial charge is 0.383 e.